The molecular weight excluding hydrogens is 268 g/mol. The number of nitrogens with one attached hydrogen (secondary N) is 1. The average molecular weight is 287 g/mol. The van der Waals surface area contributed by atoms with Gasteiger partial charge in [0, 0.05) is 31.5 Å². The summed E-state index contributed by atoms with van der Waals surface area (Å²) < 4.78 is 27.5. The Bertz CT molecular complexity index is 421. The Morgan fingerprint density at radius 1 is 1.32 bits per heavy atom. The summed E-state index contributed by atoms with van der Waals surface area (Å²) in [5.74, 6) is 1.25. The SMILES string of the molecule is CCCNc1nc(N2CCCSCC2)c(F)cc1F. The normalized spacial score (nSPS) is 16.3. The van der Waals surface area contributed by atoms with Crippen LogP contribution in [0.5, 0.6) is 0 Å². The summed E-state index contributed by atoms with van der Waals surface area (Å²) in [4.78, 5) is 6.04. The summed E-state index contributed by atoms with van der Waals surface area (Å²) >= 11 is 1.86. The quantitative estimate of drug-likeness (QED) is 0.921. The van der Waals surface area contributed by atoms with Crippen LogP contribution in [-0.2, 0) is 0 Å². The van der Waals surface area contributed by atoms with Crippen LogP contribution in [0.4, 0.5) is 20.4 Å². The van der Waals surface area contributed by atoms with Crippen LogP contribution in [0.1, 0.15) is 19.8 Å². The number of hydrogen-bond acceptors (Lipinski definition) is 4. The zero-order valence-electron chi connectivity index (χ0n) is 11.1. The summed E-state index contributed by atoms with van der Waals surface area (Å²) in [6.07, 6.45) is 1.87. The zero-order valence-corrected chi connectivity index (χ0v) is 11.9. The van der Waals surface area contributed by atoms with Gasteiger partial charge < -0.3 is 10.2 Å². The minimum Gasteiger partial charge on any atom is -0.368 e. The second-order valence-corrected chi connectivity index (χ2v) is 5.73. The smallest absolute Gasteiger partial charge is 0.168 e. The zero-order chi connectivity index (χ0) is 13.7. The highest BCUT2D eigenvalue weighted by Gasteiger charge is 2.18. The molecule has 0 saturated carbocycles. The lowest BCUT2D eigenvalue weighted by Gasteiger charge is -2.22. The van der Waals surface area contributed by atoms with Gasteiger partial charge in [-0.05, 0) is 18.6 Å². The first-order chi connectivity index (χ1) is 9.22. The number of thioether (sulfide) groups is 1. The van der Waals surface area contributed by atoms with Crippen molar-refractivity contribution in [2.24, 2.45) is 0 Å². The minimum atomic E-state index is -0.626. The number of rotatable bonds is 4. The maximum Gasteiger partial charge on any atom is 0.168 e. The molecule has 2 rings (SSSR count). The molecule has 6 heteroatoms. The molecule has 1 saturated heterocycles. The maximum absolute atomic E-state index is 13.9. The fourth-order valence-electron chi connectivity index (χ4n) is 2.00. The molecule has 0 aliphatic carbocycles. The van der Waals surface area contributed by atoms with E-state index in [9.17, 15) is 8.78 Å². The van der Waals surface area contributed by atoms with Gasteiger partial charge in [0.2, 0.25) is 0 Å². The monoisotopic (exact) mass is 287 g/mol. The Labute approximate surface area is 116 Å². The van der Waals surface area contributed by atoms with Crippen LogP contribution in [0.15, 0.2) is 6.07 Å². The maximum atomic E-state index is 13.9. The molecule has 1 aliphatic heterocycles. The minimum absolute atomic E-state index is 0.148. The van der Waals surface area contributed by atoms with E-state index in [0.29, 0.717) is 6.54 Å². The van der Waals surface area contributed by atoms with Crippen LogP contribution in [0.3, 0.4) is 0 Å². The van der Waals surface area contributed by atoms with Gasteiger partial charge in [-0.1, -0.05) is 6.92 Å². The summed E-state index contributed by atoms with van der Waals surface area (Å²) in [6.45, 7) is 4.15. The van der Waals surface area contributed by atoms with E-state index in [1.54, 1.807) is 0 Å². The van der Waals surface area contributed by atoms with Crippen LogP contribution in [0, 0.1) is 11.6 Å². The van der Waals surface area contributed by atoms with Crippen molar-refractivity contribution < 1.29 is 8.78 Å². The lowest BCUT2D eigenvalue weighted by Crippen LogP contribution is -2.28. The van der Waals surface area contributed by atoms with E-state index in [0.717, 1.165) is 43.5 Å². The van der Waals surface area contributed by atoms with Crippen LogP contribution in [0.25, 0.3) is 0 Å². The third-order valence-electron chi connectivity index (χ3n) is 2.98. The summed E-state index contributed by atoms with van der Waals surface area (Å²) in [5, 5.41) is 2.90. The first kappa shape index (κ1) is 14.4. The predicted octanol–water partition coefficient (Wildman–Crippen LogP) is 3.13. The molecule has 106 valence electrons. The van der Waals surface area contributed by atoms with Gasteiger partial charge in [-0.2, -0.15) is 11.8 Å². The molecule has 2 heterocycles. The second-order valence-electron chi connectivity index (χ2n) is 4.50. The van der Waals surface area contributed by atoms with E-state index < -0.39 is 11.6 Å². The molecule has 1 N–H and O–H groups in total. The molecule has 0 atom stereocenters. The second kappa shape index (κ2) is 6.93. The number of hydrogen-bond donors (Lipinski definition) is 1. The number of anilines is 2. The largest absolute Gasteiger partial charge is 0.368 e. The number of nitrogens with zero attached hydrogens (tertiary/aromatic N) is 2. The third kappa shape index (κ3) is 3.72. The van der Waals surface area contributed by atoms with Crippen molar-refractivity contribution in [3.8, 4) is 0 Å². The molecule has 1 fully saturated rings. The van der Waals surface area contributed by atoms with Crippen molar-refractivity contribution in [3.63, 3.8) is 0 Å². The van der Waals surface area contributed by atoms with Gasteiger partial charge in [-0.25, -0.2) is 13.8 Å². The van der Waals surface area contributed by atoms with Crippen molar-refractivity contribution in [3.05, 3.63) is 17.7 Å². The average Bonchev–Trinajstić information content (AvgIpc) is 2.66. The van der Waals surface area contributed by atoms with Crippen LogP contribution >= 0.6 is 11.8 Å². The van der Waals surface area contributed by atoms with Gasteiger partial charge in [0.15, 0.2) is 23.3 Å². The molecule has 0 spiro atoms. The highest BCUT2D eigenvalue weighted by Crippen LogP contribution is 2.24. The van der Waals surface area contributed by atoms with E-state index >= 15 is 0 Å². The lowest BCUT2D eigenvalue weighted by molar-refractivity contribution is 0.570. The third-order valence-corrected chi connectivity index (χ3v) is 4.02. The van der Waals surface area contributed by atoms with Crippen LogP contribution in [-0.4, -0.2) is 36.1 Å². The van der Waals surface area contributed by atoms with Crippen molar-refractivity contribution in [2.75, 3.05) is 41.4 Å². The Kier molecular flexibility index (Phi) is 5.24. The van der Waals surface area contributed by atoms with Crippen molar-refractivity contribution >= 4 is 23.4 Å². The molecule has 0 amide bonds. The van der Waals surface area contributed by atoms with E-state index in [-0.39, 0.29) is 11.6 Å². The lowest BCUT2D eigenvalue weighted by atomic mass is 10.3. The van der Waals surface area contributed by atoms with Gasteiger partial charge in [0.05, 0.1) is 0 Å². The van der Waals surface area contributed by atoms with Crippen molar-refractivity contribution in [1.82, 2.24) is 4.98 Å². The van der Waals surface area contributed by atoms with Gasteiger partial charge in [-0.3, -0.25) is 0 Å². The van der Waals surface area contributed by atoms with Gasteiger partial charge >= 0.3 is 0 Å². The molecule has 0 radical (unpaired) electrons. The molecule has 0 bridgehead atoms. The Morgan fingerprint density at radius 3 is 2.95 bits per heavy atom. The Balaban J connectivity index is 2.22. The molecular formula is C13H19F2N3S. The van der Waals surface area contributed by atoms with Crippen LogP contribution in [0.2, 0.25) is 0 Å². The molecule has 1 aliphatic rings. The van der Waals surface area contributed by atoms with Crippen molar-refractivity contribution in [2.45, 2.75) is 19.8 Å². The first-order valence-electron chi connectivity index (χ1n) is 6.65. The first-order valence-corrected chi connectivity index (χ1v) is 7.80. The molecule has 3 nitrogen and oxygen atoms in total. The highest BCUT2D eigenvalue weighted by molar-refractivity contribution is 7.99. The molecule has 1 aromatic heterocycles. The molecule has 1 aromatic rings. The Hall–Kier alpha value is -1.04. The molecule has 0 unspecified atom stereocenters. The fraction of sp³-hybridized carbons (Fsp3) is 0.615. The number of halogens is 2. The molecule has 19 heavy (non-hydrogen) atoms. The Morgan fingerprint density at radius 2 is 2.16 bits per heavy atom. The number of pyridine rings is 1. The predicted molar refractivity (Wildman–Crippen MR) is 77.1 cm³/mol. The fourth-order valence-corrected chi connectivity index (χ4v) is 2.89. The standard InChI is InChI=1S/C13H19F2N3S/c1-2-4-16-12-10(14)9-11(15)13(17-12)18-5-3-7-19-8-6-18/h9H,2-8H2,1H3,(H,16,17). The topological polar surface area (TPSA) is 28.2 Å². The van der Waals surface area contributed by atoms with E-state index in [1.165, 1.54) is 0 Å². The van der Waals surface area contributed by atoms with Gasteiger partial charge in [0.1, 0.15) is 0 Å². The summed E-state index contributed by atoms with van der Waals surface area (Å²) in [5.41, 5.74) is 0. The molecule has 0 aromatic carbocycles. The number of aromatic nitrogens is 1. The van der Waals surface area contributed by atoms with E-state index in [2.05, 4.69) is 10.3 Å². The summed E-state index contributed by atoms with van der Waals surface area (Å²) in [6, 6.07) is 0.929. The van der Waals surface area contributed by atoms with Gasteiger partial charge in [0.25, 0.3) is 0 Å². The highest BCUT2D eigenvalue weighted by atomic mass is 32.2. The van der Waals surface area contributed by atoms with E-state index in [4.69, 9.17) is 0 Å². The van der Waals surface area contributed by atoms with Gasteiger partial charge in [-0.15, -0.1) is 0 Å². The van der Waals surface area contributed by atoms with E-state index in [1.807, 2.05) is 23.6 Å². The van der Waals surface area contributed by atoms with Crippen LogP contribution < -0.4 is 10.2 Å². The summed E-state index contributed by atoms with van der Waals surface area (Å²) in [7, 11) is 0. The van der Waals surface area contributed by atoms with Crippen molar-refractivity contribution in [1.29, 1.82) is 0 Å².